The van der Waals surface area contributed by atoms with E-state index >= 15 is 0 Å². The molecule has 132 valence electrons. The highest BCUT2D eigenvalue weighted by atomic mass is 19.1. The fourth-order valence-electron chi connectivity index (χ4n) is 3.29. The number of piperidine rings is 1. The van der Waals surface area contributed by atoms with Crippen molar-refractivity contribution in [2.24, 2.45) is 5.92 Å². The Morgan fingerprint density at radius 1 is 1.20 bits per heavy atom. The largest absolute Gasteiger partial charge is 0.497 e. The summed E-state index contributed by atoms with van der Waals surface area (Å²) < 4.78 is 18.2. The number of likely N-dealkylation sites (tertiary alicyclic amines) is 1. The summed E-state index contributed by atoms with van der Waals surface area (Å²) in [6, 6.07) is 13.1. The van der Waals surface area contributed by atoms with Crippen molar-refractivity contribution in [1.29, 1.82) is 0 Å². The molecule has 0 aliphatic carbocycles. The molecular formula is C20H22FNO3. The van der Waals surface area contributed by atoms with Crippen LogP contribution in [-0.4, -0.2) is 36.1 Å². The van der Waals surface area contributed by atoms with Crippen LogP contribution in [0.2, 0.25) is 0 Å². The molecule has 1 atom stereocenters. The second kappa shape index (κ2) is 7.66. The van der Waals surface area contributed by atoms with Gasteiger partial charge in [-0.2, -0.15) is 0 Å². The normalized spacial score (nSPS) is 16.5. The molecule has 3 rings (SSSR count). The van der Waals surface area contributed by atoms with Gasteiger partial charge in [0, 0.05) is 18.7 Å². The summed E-state index contributed by atoms with van der Waals surface area (Å²) in [7, 11) is 1.58. The number of rotatable bonds is 4. The van der Waals surface area contributed by atoms with E-state index in [0.29, 0.717) is 37.2 Å². The maximum atomic E-state index is 13.0. The van der Waals surface area contributed by atoms with Gasteiger partial charge in [0.2, 0.25) is 0 Å². The van der Waals surface area contributed by atoms with Gasteiger partial charge in [-0.1, -0.05) is 18.2 Å². The van der Waals surface area contributed by atoms with Crippen LogP contribution in [0, 0.1) is 11.7 Å². The quantitative estimate of drug-likeness (QED) is 0.925. The van der Waals surface area contributed by atoms with E-state index in [2.05, 4.69) is 0 Å². The van der Waals surface area contributed by atoms with Gasteiger partial charge in [-0.3, -0.25) is 4.79 Å². The van der Waals surface area contributed by atoms with Crippen molar-refractivity contribution in [3.63, 3.8) is 0 Å². The van der Waals surface area contributed by atoms with Gasteiger partial charge < -0.3 is 14.7 Å². The number of hydrogen-bond acceptors (Lipinski definition) is 3. The zero-order chi connectivity index (χ0) is 17.8. The topological polar surface area (TPSA) is 49.8 Å². The standard InChI is InChI=1S/C20H22FNO3/c1-25-18-4-2-3-16(13-18)20(24)22-11-9-15(10-12-22)19(23)14-5-7-17(21)8-6-14/h2-8,13,15,19,23H,9-12H2,1H3/t19-/m0/s1. The second-order valence-corrected chi connectivity index (χ2v) is 6.36. The number of amides is 1. The van der Waals surface area contributed by atoms with Crippen LogP contribution < -0.4 is 4.74 Å². The average Bonchev–Trinajstić information content (AvgIpc) is 2.67. The molecule has 0 saturated carbocycles. The van der Waals surface area contributed by atoms with Gasteiger partial charge in [-0.15, -0.1) is 0 Å². The van der Waals surface area contributed by atoms with Gasteiger partial charge in [0.25, 0.3) is 5.91 Å². The predicted molar refractivity (Wildman–Crippen MR) is 93.0 cm³/mol. The van der Waals surface area contributed by atoms with Gasteiger partial charge in [0.05, 0.1) is 13.2 Å². The van der Waals surface area contributed by atoms with Crippen molar-refractivity contribution < 1.29 is 19.0 Å². The lowest BCUT2D eigenvalue weighted by atomic mass is 9.87. The van der Waals surface area contributed by atoms with E-state index in [1.54, 1.807) is 37.4 Å². The monoisotopic (exact) mass is 343 g/mol. The maximum Gasteiger partial charge on any atom is 0.253 e. The number of aliphatic hydroxyl groups excluding tert-OH is 1. The van der Waals surface area contributed by atoms with Crippen LogP contribution in [0.4, 0.5) is 4.39 Å². The Morgan fingerprint density at radius 2 is 1.88 bits per heavy atom. The minimum Gasteiger partial charge on any atom is -0.497 e. The Kier molecular flexibility index (Phi) is 5.34. The summed E-state index contributed by atoms with van der Waals surface area (Å²) in [4.78, 5) is 14.4. The van der Waals surface area contributed by atoms with Crippen LogP contribution in [0.1, 0.15) is 34.9 Å². The van der Waals surface area contributed by atoms with Crippen molar-refractivity contribution in [2.75, 3.05) is 20.2 Å². The second-order valence-electron chi connectivity index (χ2n) is 6.36. The van der Waals surface area contributed by atoms with Crippen LogP contribution in [-0.2, 0) is 0 Å². The Bertz CT molecular complexity index is 724. The molecule has 0 spiro atoms. The van der Waals surface area contributed by atoms with Crippen LogP contribution in [0.5, 0.6) is 5.75 Å². The molecule has 0 radical (unpaired) electrons. The van der Waals surface area contributed by atoms with E-state index in [9.17, 15) is 14.3 Å². The Labute approximate surface area is 146 Å². The number of benzene rings is 2. The zero-order valence-electron chi connectivity index (χ0n) is 14.2. The third-order valence-electron chi connectivity index (χ3n) is 4.80. The molecule has 2 aromatic carbocycles. The number of methoxy groups -OCH3 is 1. The minimum atomic E-state index is -0.630. The fraction of sp³-hybridized carbons (Fsp3) is 0.350. The molecule has 1 amide bonds. The molecule has 1 fully saturated rings. The molecule has 1 saturated heterocycles. The van der Waals surface area contributed by atoms with E-state index in [1.807, 2.05) is 11.0 Å². The summed E-state index contributed by atoms with van der Waals surface area (Å²) in [5.41, 5.74) is 1.33. The fourth-order valence-corrected chi connectivity index (χ4v) is 3.29. The minimum absolute atomic E-state index is 0.0198. The first-order valence-electron chi connectivity index (χ1n) is 8.45. The Balaban J connectivity index is 1.61. The summed E-state index contributed by atoms with van der Waals surface area (Å²) in [6.45, 7) is 1.19. The molecule has 0 aromatic heterocycles. The molecule has 1 aliphatic rings. The smallest absolute Gasteiger partial charge is 0.253 e. The maximum absolute atomic E-state index is 13.0. The van der Waals surface area contributed by atoms with E-state index in [1.165, 1.54) is 12.1 Å². The molecule has 0 bridgehead atoms. The summed E-state index contributed by atoms with van der Waals surface area (Å²) in [5, 5.41) is 10.5. The van der Waals surface area contributed by atoms with Gasteiger partial charge in [0.1, 0.15) is 11.6 Å². The van der Waals surface area contributed by atoms with E-state index in [0.717, 1.165) is 5.56 Å². The average molecular weight is 343 g/mol. The van der Waals surface area contributed by atoms with Gasteiger partial charge in [-0.25, -0.2) is 4.39 Å². The number of ether oxygens (including phenoxy) is 1. The van der Waals surface area contributed by atoms with Gasteiger partial charge in [0.15, 0.2) is 0 Å². The lowest BCUT2D eigenvalue weighted by Crippen LogP contribution is -2.39. The molecule has 0 unspecified atom stereocenters. The van der Waals surface area contributed by atoms with Crippen molar-refractivity contribution in [3.05, 3.63) is 65.5 Å². The summed E-state index contributed by atoms with van der Waals surface area (Å²) in [6.07, 6.45) is 0.803. The van der Waals surface area contributed by atoms with Crippen LogP contribution >= 0.6 is 0 Å². The third kappa shape index (κ3) is 3.99. The number of carbonyl (C=O) groups is 1. The highest BCUT2D eigenvalue weighted by Gasteiger charge is 2.28. The number of halogens is 1. The SMILES string of the molecule is COc1cccc(C(=O)N2CCC([C@@H](O)c3ccc(F)cc3)CC2)c1. The summed E-state index contributed by atoms with van der Waals surface area (Å²) >= 11 is 0. The molecule has 2 aromatic rings. The van der Waals surface area contributed by atoms with Crippen molar-refractivity contribution in [1.82, 2.24) is 4.90 Å². The first-order valence-corrected chi connectivity index (χ1v) is 8.45. The van der Waals surface area contributed by atoms with E-state index < -0.39 is 6.10 Å². The molecule has 4 nitrogen and oxygen atoms in total. The zero-order valence-corrected chi connectivity index (χ0v) is 14.2. The van der Waals surface area contributed by atoms with E-state index in [4.69, 9.17) is 4.74 Å². The van der Waals surface area contributed by atoms with Crippen LogP contribution in [0.25, 0.3) is 0 Å². The molecular weight excluding hydrogens is 321 g/mol. The van der Waals surface area contributed by atoms with Gasteiger partial charge in [-0.05, 0) is 54.7 Å². The lowest BCUT2D eigenvalue weighted by molar-refractivity contribution is 0.0462. The highest BCUT2D eigenvalue weighted by Crippen LogP contribution is 2.31. The van der Waals surface area contributed by atoms with E-state index in [-0.39, 0.29) is 17.6 Å². The first kappa shape index (κ1) is 17.4. The van der Waals surface area contributed by atoms with Crippen molar-refractivity contribution >= 4 is 5.91 Å². The van der Waals surface area contributed by atoms with Crippen LogP contribution in [0.3, 0.4) is 0 Å². The van der Waals surface area contributed by atoms with Crippen molar-refractivity contribution in [2.45, 2.75) is 18.9 Å². The Hall–Kier alpha value is -2.40. The third-order valence-corrected chi connectivity index (χ3v) is 4.80. The molecule has 1 heterocycles. The van der Waals surface area contributed by atoms with Crippen molar-refractivity contribution in [3.8, 4) is 5.75 Å². The number of hydrogen-bond donors (Lipinski definition) is 1. The lowest BCUT2D eigenvalue weighted by Gasteiger charge is -2.34. The predicted octanol–water partition coefficient (Wildman–Crippen LogP) is 3.42. The molecule has 1 N–H and O–H groups in total. The first-order chi connectivity index (χ1) is 12.1. The number of nitrogens with zero attached hydrogens (tertiary/aromatic N) is 1. The number of carbonyl (C=O) groups excluding carboxylic acids is 1. The summed E-state index contributed by atoms with van der Waals surface area (Å²) in [5.74, 6) is 0.399. The number of aliphatic hydroxyl groups is 1. The molecule has 25 heavy (non-hydrogen) atoms. The van der Waals surface area contributed by atoms with Crippen LogP contribution in [0.15, 0.2) is 48.5 Å². The highest BCUT2D eigenvalue weighted by molar-refractivity contribution is 5.94. The van der Waals surface area contributed by atoms with Gasteiger partial charge >= 0.3 is 0 Å². The Morgan fingerprint density at radius 3 is 2.52 bits per heavy atom. The molecule has 5 heteroatoms. The molecule has 1 aliphatic heterocycles.